The van der Waals surface area contributed by atoms with Gasteiger partial charge < -0.3 is 10.1 Å². The first-order chi connectivity index (χ1) is 14.0. The molecule has 0 unspecified atom stereocenters. The topological polar surface area (TPSA) is 84.5 Å². The average Bonchev–Trinajstić information content (AvgIpc) is 2.76. The third-order valence-electron chi connectivity index (χ3n) is 4.89. The Morgan fingerprint density at radius 3 is 2.17 bits per heavy atom. The molecule has 0 fully saturated rings. The van der Waals surface area contributed by atoms with Crippen LogP contribution in [0.25, 0.3) is 0 Å². The molecule has 0 aliphatic carbocycles. The van der Waals surface area contributed by atoms with Crippen LogP contribution < -0.4 is 14.8 Å². The van der Waals surface area contributed by atoms with Gasteiger partial charge in [-0.2, -0.15) is 0 Å². The summed E-state index contributed by atoms with van der Waals surface area (Å²) in [5.41, 5.74) is 2.30. The predicted molar refractivity (Wildman–Crippen MR) is 109 cm³/mol. The molecule has 1 amide bonds. The van der Waals surface area contributed by atoms with Crippen molar-refractivity contribution in [1.82, 2.24) is 10.0 Å². The van der Waals surface area contributed by atoms with Crippen molar-refractivity contribution in [3.63, 3.8) is 0 Å². The summed E-state index contributed by atoms with van der Waals surface area (Å²) in [4.78, 5) is 13.3. The molecule has 1 aliphatic rings. The largest absolute Gasteiger partial charge is 0.457 e. The van der Waals surface area contributed by atoms with Gasteiger partial charge in [0.05, 0.1) is 10.8 Å². The van der Waals surface area contributed by atoms with E-state index >= 15 is 0 Å². The van der Waals surface area contributed by atoms with Gasteiger partial charge in [0.2, 0.25) is 15.9 Å². The van der Waals surface area contributed by atoms with Crippen LogP contribution in [0.4, 0.5) is 0 Å². The Balaban J connectivity index is 1.60. The maximum absolute atomic E-state index is 13.1. The van der Waals surface area contributed by atoms with Crippen molar-refractivity contribution in [3.8, 4) is 11.5 Å². The zero-order valence-corrected chi connectivity index (χ0v) is 16.6. The standard InChI is InChI=1S/C22H20N2O4S/c1-23-29(26,27)16-8-6-7-15(13-16)14-24-22(25)21-17-9-2-4-11-19(17)28-20-12-5-3-10-18(20)21/h2-13,21,23H,14H2,1H3,(H,24,25). The molecule has 2 N–H and O–H groups in total. The number of rotatable bonds is 5. The van der Waals surface area contributed by atoms with Gasteiger partial charge in [0.25, 0.3) is 0 Å². The molecule has 1 aliphatic heterocycles. The highest BCUT2D eigenvalue weighted by Gasteiger charge is 2.32. The summed E-state index contributed by atoms with van der Waals surface area (Å²) in [7, 11) is -2.17. The highest BCUT2D eigenvalue weighted by molar-refractivity contribution is 7.89. The molecule has 3 aromatic carbocycles. The fourth-order valence-corrected chi connectivity index (χ4v) is 4.22. The van der Waals surface area contributed by atoms with Gasteiger partial charge in [-0.1, -0.05) is 48.5 Å². The second-order valence-corrected chi connectivity index (χ2v) is 8.57. The molecule has 0 radical (unpaired) electrons. The number of nitrogens with one attached hydrogen (secondary N) is 2. The van der Waals surface area contributed by atoms with Crippen molar-refractivity contribution >= 4 is 15.9 Å². The van der Waals surface area contributed by atoms with E-state index in [-0.39, 0.29) is 17.3 Å². The van der Waals surface area contributed by atoms with E-state index in [0.29, 0.717) is 17.1 Å². The van der Waals surface area contributed by atoms with Gasteiger partial charge in [-0.25, -0.2) is 13.1 Å². The Kier molecular flexibility index (Phi) is 5.08. The van der Waals surface area contributed by atoms with Gasteiger partial charge in [0.15, 0.2) is 0 Å². The van der Waals surface area contributed by atoms with Crippen LogP contribution in [-0.4, -0.2) is 21.4 Å². The minimum absolute atomic E-state index is 0.161. The Morgan fingerprint density at radius 1 is 0.931 bits per heavy atom. The molecule has 0 spiro atoms. The van der Waals surface area contributed by atoms with Crippen molar-refractivity contribution in [1.29, 1.82) is 0 Å². The molecule has 29 heavy (non-hydrogen) atoms. The van der Waals surface area contributed by atoms with Gasteiger partial charge in [-0.3, -0.25) is 4.79 Å². The molecule has 0 saturated heterocycles. The molecule has 0 saturated carbocycles. The first-order valence-electron chi connectivity index (χ1n) is 9.15. The highest BCUT2D eigenvalue weighted by atomic mass is 32.2. The second kappa shape index (κ2) is 7.69. The quantitative estimate of drug-likeness (QED) is 0.679. The minimum atomic E-state index is -3.54. The number of hydrogen-bond donors (Lipinski definition) is 2. The fraction of sp³-hybridized carbons (Fsp3) is 0.136. The molecule has 6 nitrogen and oxygen atoms in total. The Bertz CT molecular complexity index is 1130. The van der Waals surface area contributed by atoms with Crippen molar-refractivity contribution in [2.45, 2.75) is 17.4 Å². The summed E-state index contributed by atoms with van der Waals surface area (Å²) < 4.78 is 32.2. The van der Waals surface area contributed by atoms with Crippen LogP contribution in [-0.2, 0) is 21.4 Å². The predicted octanol–water partition coefficient (Wildman–Crippen LogP) is 3.15. The number of para-hydroxylation sites is 2. The summed E-state index contributed by atoms with van der Waals surface area (Å²) >= 11 is 0. The van der Waals surface area contributed by atoms with Crippen LogP contribution in [0.1, 0.15) is 22.6 Å². The van der Waals surface area contributed by atoms with Gasteiger partial charge in [0, 0.05) is 17.7 Å². The third-order valence-corrected chi connectivity index (χ3v) is 6.30. The number of ether oxygens (including phenoxy) is 1. The number of hydrogen-bond acceptors (Lipinski definition) is 4. The van der Waals surface area contributed by atoms with Gasteiger partial charge >= 0.3 is 0 Å². The lowest BCUT2D eigenvalue weighted by Gasteiger charge is -2.27. The van der Waals surface area contributed by atoms with E-state index in [1.807, 2.05) is 48.5 Å². The lowest BCUT2D eigenvalue weighted by atomic mass is 9.87. The van der Waals surface area contributed by atoms with Crippen LogP contribution in [0.5, 0.6) is 11.5 Å². The molecule has 4 rings (SSSR count). The molecular formula is C22H20N2O4S. The normalized spacial score (nSPS) is 13.1. The van der Waals surface area contributed by atoms with E-state index in [9.17, 15) is 13.2 Å². The molecule has 7 heteroatoms. The van der Waals surface area contributed by atoms with Gasteiger partial charge in [0.1, 0.15) is 11.5 Å². The SMILES string of the molecule is CNS(=O)(=O)c1cccc(CNC(=O)C2c3ccccc3Oc3ccccc32)c1. The number of carbonyl (C=O) groups excluding carboxylic acids is 1. The fourth-order valence-electron chi connectivity index (χ4n) is 3.42. The average molecular weight is 408 g/mol. The maximum Gasteiger partial charge on any atom is 0.240 e. The first-order valence-corrected chi connectivity index (χ1v) is 10.6. The molecule has 1 heterocycles. The van der Waals surface area contributed by atoms with E-state index in [1.165, 1.54) is 13.1 Å². The smallest absolute Gasteiger partial charge is 0.240 e. The number of carbonyl (C=O) groups is 1. The van der Waals surface area contributed by atoms with Crippen LogP contribution in [0.3, 0.4) is 0 Å². The van der Waals surface area contributed by atoms with Crippen LogP contribution in [0.2, 0.25) is 0 Å². The molecular weight excluding hydrogens is 388 g/mol. The van der Waals surface area contributed by atoms with Crippen LogP contribution in [0, 0.1) is 0 Å². The molecule has 3 aromatic rings. The van der Waals surface area contributed by atoms with Gasteiger partial charge in [-0.15, -0.1) is 0 Å². The summed E-state index contributed by atoms with van der Waals surface area (Å²) in [6, 6.07) is 21.5. The minimum Gasteiger partial charge on any atom is -0.457 e. The van der Waals surface area contributed by atoms with E-state index in [2.05, 4.69) is 10.0 Å². The lowest BCUT2D eigenvalue weighted by molar-refractivity contribution is -0.122. The number of sulfonamides is 1. The summed E-state index contributed by atoms with van der Waals surface area (Å²) in [6.45, 7) is 0.216. The van der Waals surface area contributed by atoms with Crippen LogP contribution in [0.15, 0.2) is 77.7 Å². The van der Waals surface area contributed by atoms with Crippen molar-refractivity contribution in [2.75, 3.05) is 7.05 Å². The van der Waals surface area contributed by atoms with Crippen LogP contribution >= 0.6 is 0 Å². The number of fused-ring (bicyclic) bond motifs is 2. The lowest BCUT2D eigenvalue weighted by Crippen LogP contribution is -2.31. The Labute approximate surface area is 169 Å². The molecule has 0 atom stereocenters. The maximum atomic E-state index is 13.1. The van der Waals surface area contributed by atoms with E-state index in [0.717, 1.165) is 11.1 Å². The monoisotopic (exact) mass is 408 g/mol. The van der Waals surface area contributed by atoms with Crippen molar-refractivity contribution in [2.24, 2.45) is 0 Å². The Morgan fingerprint density at radius 2 is 1.55 bits per heavy atom. The van der Waals surface area contributed by atoms with E-state index in [4.69, 9.17) is 4.74 Å². The van der Waals surface area contributed by atoms with Crippen molar-refractivity contribution in [3.05, 3.63) is 89.5 Å². The zero-order valence-electron chi connectivity index (χ0n) is 15.8. The first kappa shape index (κ1) is 19.2. The van der Waals surface area contributed by atoms with E-state index in [1.54, 1.807) is 18.2 Å². The molecule has 0 bridgehead atoms. The highest BCUT2D eigenvalue weighted by Crippen LogP contribution is 2.43. The van der Waals surface area contributed by atoms with Gasteiger partial charge in [-0.05, 0) is 36.9 Å². The molecule has 148 valence electrons. The third kappa shape index (κ3) is 3.74. The second-order valence-electron chi connectivity index (χ2n) is 6.68. The van der Waals surface area contributed by atoms with Crippen molar-refractivity contribution < 1.29 is 17.9 Å². The summed E-state index contributed by atoms with van der Waals surface area (Å²) in [5.74, 6) is 0.650. The number of amides is 1. The zero-order chi connectivity index (χ0) is 20.4. The molecule has 0 aromatic heterocycles. The number of benzene rings is 3. The summed E-state index contributed by atoms with van der Waals surface area (Å²) in [5, 5.41) is 2.94. The summed E-state index contributed by atoms with van der Waals surface area (Å²) in [6.07, 6.45) is 0. The Hall–Kier alpha value is -3.16. The van der Waals surface area contributed by atoms with E-state index < -0.39 is 15.9 Å².